The number of nitrogens with zero attached hydrogens (tertiary/aromatic N) is 1. The van der Waals surface area contributed by atoms with Crippen LogP contribution in [0.2, 0.25) is 0 Å². The number of esters is 1. The van der Waals surface area contributed by atoms with E-state index in [1.165, 1.54) is 18.2 Å². The number of nitrogens with one attached hydrogen (secondary N) is 1. The number of fused-ring (bicyclic) bond motifs is 1. The maximum absolute atomic E-state index is 12.4. The molecule has 2 aromatic carbocycles. The van der Waals surface area contributed by atoms with E-state index in [-0.39, 0.29) is 17.9 Å². The Morgan fingerprint density at radius 2 is 1.86 bits per heavy atom. The second-order valence-corrected chi connectivity index (χ2v) is 7.13. The summed E-state index contributed by atoms with van der Waals surface area (Å²) >= 11 is 1.58. The molecule has 3 rings (SSSR count). The van der Waals surface area contributed by atoms with E-state index in [0.29, 0.717) is 12.8 Å². The van der Waals surface area contributed by atoms with Gasteiger partial charge in [-0.25, -0.2) is 4.98 Å². The monoisotopic (exact) mass is 420 g/mol. The Balaban J connectivity index is 1.40. The standard InChI is InChI=1S/C20H18F2N2O4S/c21-20(22)28-15-8-3-1-6-13(15)23-17(25)12-27-19(26)11-5-10-18-24-14-7-2-4-9-16(14)29-18/h1-4,6-9,20H,5,10-12H2,(H,23,25). The molecule has 0 aliphatic rings. The van der Waals surface area contributed by atoms with Gasteiger partial charge in [-0.15, -0.1) is 11.3 Å². The number of benzene rings is 2. The summed E-state index contributed by atoms with van der Waals surface area (Å²) in [4.78, 5) is 28.2. The van der Waals surface area contributed by atoms with Crippen molar-refractivity contribution >= 4 is 39.1 Å². The van der Waals surface area contributed by atoms with Crippen LogP contribution < -0.4 is 10.1 Å². The highest BCUT2D eigenvalue weighted by Crippen LogP contribution is 2.25. The summed E-state index contributed by atoms with van der Waals surface area (Å²) in [5.41, 5.74) is 1.01. The first-order valence-electron chi connectivity index (χ1n) is 8.85. The molecule has 9 heteroatoms. The average Bonchev–Trinajstić information content (AvgIpc) is 3.10. The number of aromatic nitrogens is 1. The lowest BCUT2D eigenvalue weighted by atomic mass is 10.2. The Morgan fingerprint density at radius 3 is 2.66 bits per heavy atom. The number of rotatable bonds is 9. The summed E-state index contributed by atoms with van der Waals surface area (Å²) < 4.78 is 35.1. The van der Waals surface area contributed by atoms with Crippen molar-refractivity contribution in [1.29, 1.82) is 0 Å². The highest BCUT2D eigenvalue weighted by molar-refractivity contribution is 7.18. The fourth-order valence-electron chi connectivity index (χ4n) is 2.58. The van der Waals surface area contributed by atoms with Crippen molar-refractivity contribution < 1.29 is 27.8 Å². The van der Waals surface area contributed by atoms with Crippen molar-refractivity contribution in [3.8, 4) is 5.75 Å². The Kier molecular flexibility index (Phi) is 7.07. The summed E-state index contributed by atoms with van der Waals surface area (Å²) in [6.45, 7) is -3.52. The van der Waals surface area contributed by atoms with Crippen LogP contribution in [-0.4, -0.2) is 30.1 Å². The zero-order chi connectivity index (χ0) is 20.6. The van der Waals surface area contributed by atoms with Crippen LogP contribution in [0.25, 0.3) is 10.2 Å². The van der Waals surface area contributed by atoms with Crippen molar-refractivity contribution in [3.05, 3.63) is 53.5 Å². The predicted octanol–water partition coefficient (Wildman–Crippen LogP) is 4.40. The van der Waals surface area contributed by atoms with Crippen LogP contribution in [0, 0.1) is 0 Å². The number of halogens is 2. The molecule has 0 spiro atoms. The van der Waals surface area contributed by atoms with E-state index >= 15 is 0 Å². The van der Waals surface area contributed by atoms with Crippen LogP contribution in [0.1, 0.15) is 17.8 Å². The maximum atomic E-state index is 12.4. The van der Waals surface area contributed by atoms with Gasteiger partial charge >= 0.3 is 12.6 Å². The summed E-state index contributed by atoms with van der Waals surface area (Å²) in [7, 11) is 0. The van der Waals surface area contributed by atoms with Crippen molar-refractivity contribution in [1.82, 2.24) is 4.98 Å². The molecule has 0 saturated carbocycles. The minimum atomic E-state index is -3.01. The van der Waals surface area contributed by atoms with E-state index in [9.17, 15) is 18.4 Å². The van der Waals surface area contributed by atoms with Gasteiger partial charge in [-0.2, -0.15) is 8.78 Å². The highest BCUT2D eigenvalue weighted by Gasteiger charge is 2.13. The van der Waals surface area contributed by atoms with E-state index in [0.717, 1.165) is 15.2 Å². The first-order chi connectivity index (χ1) is 14.0. The molecule has 0 atom stereocenters. The van der Waals surface area contributed by atoms with Gasteiger partial charge in [-0.1, -0.05) is 24.3 Å². The molecule has 29 heavy (non-hydrogen) atoms. The molecular formula is C20H18F2N2O4S. The zero-order valence-electron chi connectivity index (χ0n) is 15.3. The molecule has 152 valence electrons. The minimum Gasteiger partial charge on any atom is -0.456 e. The largest absolute Gasteiger partial charge is 0.456 e. The molecule has 1 N–H and O–H groups in total. The zero-order valence-corrected chi connectivity index (χ0v) is 16.1. The molecule has 0 bridgehead atoms. The fraction of sp³-hybridized carbons (Fsp3) is 0.250. The van der Waals surface area contributed by atoms with E-state index in [4.69, 9.17) is 4.74 Å². The molecule has 0 fully saturated rings. The first-order valence-corrected chi connectivity index (χ1v) is 9.66. The van der Waals surface area contributed by atoms with Gasteiger partial charge in [0.1, 0.15) is 5.75 Å². The van der Waals surface area contributed by atoms with E-state index in [1.54, 1.807) is 17.4 Å². The normalized spacial score (nSPS) is 10.9. The Morgan fingerprint density at radius 1 is 1.10 bits per heavy atom. The molecule has 3 aromatic rings. The van der Waals surface area contributed by atoms with Crippen LogP contribution in [0.5, 0.6) is 5.75 Å². The number of carbonyl (C=O) groups is 2. The Bertz CT molecular complexity index is 960. The first kappa shape index (κ1) is 20.7. The molecule has 1 aromatic heterocycles. The predicted molar refractivity (Wildman–Crippen MR) is 105 cm³/mol. The third-order valence-electron chi connectivity index (χ3n) is 3.85. The van der Waals surface area contributed by atoms with Gasteiger partial charge in [0, 0.05) is 6.42 Å². The molecule has 1 heterocycles. The quantitative estimate of drug-likeness (QED) is 0.519. The summed E-state index contributed by atoms with van der Waals surface area (Å²) in [5, 5.41) is 3.32. The summed E-state index contributed by atoms with van der Waals surface area (Å²) in [6.07, 6.45) is 1.33. The number of anilines is 1. The lowest BCUT2D eigenvalue weighted by molar-refractivity contribution is -0.147. The van der Waals surface area contributed by atoms with Crippen molar-refractivity contribution in [2.75, 3.05) is 11.9 Å². The SMILES string of the molecule is O=C(COC(=O)CCCc1nc2ccccc2s1)Nc1ccccc1OC(F)F. The number of para-hydroxylation sites is 3. The lowest BCUT2D eigenvalue weighted by Gasteiger charge is -2.11. The van der Waals surface area contributed by atoms with Crippen LogP contribution in [0.4, 0.5) is 14.5 Å². The summed E-state index contributed by atoms with van der Waals surface area (Å²) in [6, 6.07) is 13.6. The van der Waals surface area contributed by atoms with Gasteiger partial charge in [-0.05, 0) is 37.1 Å². The van der Waals surface area contributed by atoms with Crippen LogP contribution in [0.3, 0.4) is 0 Å². The topological polar surface area (TPSA) is 77.5 Å². The third kappa shape index (κ3) is 6.21. The molecule has 1 amide bonds. The maximum Gasteiger partial charge on any atom is 0.387 e. The minimum absolute atomic E-state index is 0.0738. The smallest absolute Gasteiger partial charge is 0.387 e. The molecule has 0 unspecified atom stereocenters. The van der Waals surface area contributed by atoms with Crippen LogP contribution in [0.15, 0.2) is 48.5 Å². The second kappa shape index (κ2) is 9.92. The average molecular weight is 420 g/mol. The summed E-state index contributed by atoms with van der Waals surface area (Å²) in [5.74, 6) is -1.33. The molecule has 0 aliphatic heterocycles. The number of ether oxygens (including phenoxy) is 2. The van der Waals surface area contributed by atoms with Gasteiger partial charge in [0.25, 0.3) is 5.91 Å². The molecule has 0 radical (unpaired) electrons. The van der Waals surface area contributed by atoms with E-state index < -0.39 is 25.1 Å². The molecule has 6 nitrogen and oxygen atoms in total. The number of thiazole rings is 1. The van der Waals surface area contributed by atoms with Crippen molar-refractivity contribution in [2.45, 2.75) is 25.9 Å². The van der Waals surface area contributed by atoms with Gasteiger partial charge in [0.15, 0.2) is 6.61 Å². The highest BCUT2D eigenvalue weighted by atomic mass is 32.1. The molecule has 0 saturated heterocycles. The number of hydrogen-bond acceptors (Lipinski definition) is 6. The van der Waals surface area contributed by atoms with Gasteiger partial charge in [0.2, 0.25) is 0 Å². The second-order valence-electron chi connectivity index (χ2n) is 6.01. The van der Waals surface area contributed by atoms with E-state index in [1.807, 2.05) is 24.3 Å². The Labute approximate surface area is 169 Å². The van der Waals surface area contributed by atoms with Gasteiger partial charge in [0.05, 0.1) is 20.9 Å². The number of hydrogen-bond donors (Lipinski definition) is 1. The number of alkyl halides is 2. The molecule has 0 aliphatic carbocycles. The van der Waals surface area contributed by atoms with Gasteiger partial charge in [-0.3, -0.25) is 9.59 Å². The van der Waals surface area contributed by atoms with Gasteiger partial charge < -0.3 is 14.8 Å². The number of amides is 1. The van der Waals surface area contributed by atoms with Crippen molar-refractivity contribution in [2.24, 2.45) is 0 Å². The Hall–Kier alpha value is -3.07. The van der Waals surface area contributed by atoms with Crippen LogP contribution >= 0.6 is 11.3 Å². The number of aryl methyl sites for hydroxylation is 1. The third-order valence-corrected chi connectivity index (χ3v) is 4.95. The van der Waals surface area contributed by atoms with Crippen molar-refractivity contribution in [3.63, 3.8) is 0 Å². The molecular weight excluding hydrogens is 402 g/mol. The van der Waals surface area contributed by atoms with Crippen LogP contribution in [-0.2, 0) is 20.7 Å². The number of carbonyl (C=O) groups excluding carboxylic acids is 2. The lowest BCUT2D eigenvalue weighted by Crippen LogP contribution is -2.21. The fourth-order valence-corrected chi connectivity index (χ4v) is 3.59. The van der Waals surface area contributed by atoms with E-state index in [2.05, 4.69) is 15.0 Å².